The van der Waals surface area contributed by atoms with Crippen LogP contribution in [-0.2, 0) is 13.5 Å². The maximum absolute atomic E-state index is 9.57. The molecule has 1 unspecified atom stereocenters. The van der Waals surface area contributed by atoms with Crippen LogP contribution in [0, 0.1) is 0 Å². The van der Waals surface area contributed by atoms with Gasteiger partial charge in [-0.2, -0.15) is 16.9 Å². The Balaban J connectivity index is 2.31. The van der Waals surface area contributed by atoms with Gasteiger partial charge >= 0.3 is 0 Å². The fourth-order valence-corrected chi connectivity index (χ4v) is 1.75. The molecule has 0 amide bonds. The predicted octanol–water partition coefficient (Wildman–Crippen LogP) is 1.08. The van der Waals surface area contributed by atoms with Crippen molar-refractivity contribution in [2.45, 2.75) is 19.4 Å². The number of aromatic nitrogens is 2. The Morgan fingerprint density at radius 2 is 2.46 bits per heavy atom. The van der Waals surface area contributed by atoms with Crippen LogP contribution in [0.4, 0.5) is 0 Å². The second-order valence-electron chi connectivity index (χ2n) is 3.00. The summed E-state index contributed by atoms with van der Waals surface area (Å²) >= 11 is 1.76. The lowest BCUT2D eigenvalue weighted by molar-refractivity contribution is 0.198. The van der Waals surface area contributed by atoms with E-state index in [1.807, 2.05) is 19.3 Å². The largest absolute Gasteiger partial charge is 0.392 e. The molecule has 0 spiro atoms. The Morgan fingerprint density at radius 3 is 3.00 bits per heavy atom. The Labute approximate surface area is 83.1 Å². The normalized spacial score (nSPS) is 13.2. The number of nitrogens with zero attached hydrogens (tertiary/aromatic N) is 2. The van der Waals surface area contributed by atoms with E-state index >= 15 is 0 Å². The molecule has 13 heavy (non-hydrogen) atoms. The summed E-state index contributed by atoms with van der Waals surface area (Å²) in [4.78, 5) is 0. The quantitative estimate of drug-likeness (QED) is 0.773. The van der Waals surface area contributed by atoms with E-state index in [-0.39, 0.29) is 6.10 Å². The molecule has 1 N–H and O–H groups in total. The minimum Gasteiger partial charge on any atom is -0.392 e. The van der Waals surface area contributed by atoms with Gasteiger partial charge in [-0.15, -0.1) is 0 Å². The van der Waals surface area contributed by atoms with E-state index in [1.165, 1.54) is 0 Å². The number of rotatable bonds is 5. The first-order valence-corrected chi connectivity index (χ1v) is 5.62. The lowest BCUT2D eigenvalue weighted by atomic mass is 10.2. The lowest BCUT2D eigenvalue weighted by Gasteiger charge is -2.06. The lowest BCUT2D eigenvalue weighted by Crippen LogP contribution is -2.14. The van der Waals surface area contributed by atoms with E-state index in [0.29, 0.717) is 6.42 Å². The molecule has 0 aliphatic carbocycles. The fourth-order valence-electron chi connectivity index (χ4n) is 1.13. The van der Waals surface area contributed by atoms with Gasteiger partial charge in [-0.05, 0) is 11.8 Å². The smallest absolute Gasteiger partial charge is 0.0686 e. The molecule has 3 nitrogen and oxygen atoms in total. The van der Waals surface area contributed by atoms with Crippen LogP contribution in [0.15, 0.2) is 12.3 Å². The van der Waals surface area contributed by atoms with Crippen LogP contribution in [0.25, 0.3) is 0 Å². The van der Waals surface area contributed by atoms with Gasteiger partial charge in [0.25, 0.3) is 0 Å². The van der Waals surface area contributed by atoms with Gasteiger partial charge < -0.3 is 5.11 Å². The summed E-state index contributed by atoms with van der Waals surface area (Å²) in [5, 5.41) is 13.8. The van der Waals surface area contributed by atoms with Gasteiger partial charge in [0.2, 0.25) is 0 Å². The van der Waals surface area contributed by atoms with E-state index in [2.05, 4.69) is 12.0 Å². The van der Waals surface area contributed by atoms with E-state index in [9.17, 15) is 5.11 Å². The monoisotopic (exact) mass is 200 g/mol. The van der Waals surface area contributed by atoms with Crippen molar-refractivity contribution in [3.63, 3.8) is 0 Å². The molecular formula is C9H16N2OS. The molecule has 1 heterocycles. The number of thioether (sulfide) groups is 1. The molecule has 1 rings (SSSR count). The summed E-state index contributed by atoms with van der Waals surface area (Å²) in [7, 11) is 1.89. The zero-order valence-corrected chi connectivity index (χ0v) is 8.92. The Bertz CT molecular complexity index is 250. The van der Waals surface area contributed by atoms with Crippen LogP contribution in [0.2, 0.25) is 0 Å². The molecule has 4 heteroatoms. The van der Waals surface area contributed by atoms with Crippen LogP contribution in [-0.4, -0.2) is 32.5 Å². The topological polar surface area (TPSA) is 38.0 Å². The van der Waals surface area contributed by atoms with Crippen molar-refractivity contribution in [1.82, 2.24) is 9.78 Å². The van der Waals surface area contributed by atoms with Crippen LogP contribution >= 0.6 is 11.8 Å². The second-order valence-corrected chi connectivity index (χ2v) is 4.32. The highest BCUT2D eigenvalue weighted by Crippen LogP contribution is 2.06. The molecule has 0 aliphatic heterocycles. The standard InChI is InChI=1S/C9H16N2OS/c1-3-13-7-9(12)6-8-4-5-11(2)10-8/h4-5,9,12H,3,6-7H2,1-2H3. The molecular weight excluding hydrogens is 184 g/mol. The van der Waals surface area contributed by atoms with Gasteiger partial charge in [-0.25, -0.2) is 0 Å². The summed E-state index contributed by atoms with van der Waals surface area (Å²) in [5.41, 5.74) is 0.965. The minimum atomic E-state index is -0.264. The van der Waals surface area contributed by atoms with E-state index < -0.39 is 0 Å². The van der Waals surface area contributed by atoms with Crippen molar-refractivity contribution >= 4 is 11.8 Å². The summed E-state index contributed by atoms with van der Waals surface area (Å²) in [6.07, 6.45) is 2.29. The van der Waals surface area contributed by atoms with Crippen molar-refractivity contribution in [3.05, 3.63) is 18.0 Å². The van der Waals surface area contributed by atoms with Crippen LogP contribution in [0.3, 0.4) is 0 Å². The van der Waals surface area contributed by atoms with E-state index in [1.54, 1.807) is 16.4 Å². The summed E-state index contributed by atoms with van der Waals surface area (Å²) in [6, 6.07) is 1.94. The fraction of sp³-hybridized carbons (Fsp3) is 0.667. The molecule has 0 saturated carbocycles. The van der Waals surface area contributed by atoms with E-state index in [4.69, 9.17) is 0 Å². The molecule has 74 valence electrons. The van der Waals surface area contributed by atoms with Crippen LogP contribution in [0.1, 0.15) is 12.6 Å². The van der Waals surface area contributed by atoms with Crippen molar-refractivity contribution in [3.8, 4) is 0 Å². The minimum absolute atomic E-state index is 0.264. The second kappa shape index (κ2) is 5.29. The highest BCUT2D eigenvalue weighted by Gasteiger charge is 2.06. The maximum atomic E-state index is 9.57. The first kappa shape index (κ1) is 10.6. The average molecular weight is 200 g/mol. The molecule has 0 bridgehead atoms. The summed E-state index contributed by atoms with van der Waals surface area (Å²) in [6.45, 7) is 2.10. The predicted molar refractivity (Wildman–Crippen MR) is 55.9 cm³/mol. The molecule has 0 aliphatic rings. The highest BCUT2D eigenvalue weighted by molar-refractivity contribution is 7.99. The third-order valence-corrected chi connectivity index (χ3v) is 2.76. The number of aliphatic hydroxyl groups excluding tert-OH is 1. The molecule has 0 aromatic carbocycles. The van der Waals surface area contributed by atoms with Gasteiger partial charge in [-0.3, -0.25) is 4.68 Å². The number of hydrogen-bond acceptors (Lipinski definition) is 3. The van der Waals surface area contributed by atoms with Crippen molar-refractivity contribution in [2.24, 2.45) is 7.05 Å². The molecule has 0 fully saturated rings. The third kappa shape index (κ3) is 3.83. The molecule has 0 radical (unpaired) electrons. The van der Waals surface area contributed by atoms with Gasteiger partial charge in [-0.1, -0.05) is 6.92 Å². The summed E-state index contributed by atoms with van der Waals surface area (Å²) in [5.74, 6) is 1.85. The Kier molecular flexibility index (Phi) is 4.32. The number of hydrogen-bond donors (Lipinski definition) is 1. The SMILES string of the molecule is CCSCC(O)Cc1ccn(C)n1. The van der Waals surface area contributed by atoms with Crippen molar-refractivity contribution in [1.29, 1.82) is 0 Å². The van der Waals surface area contributed by atoms with Crippen molar-refractivity contribution in [2.75, 3.05) is 11.5 Å². The zero-order valence-electron chi connectivity index (χ0n) is 8.10. The van der Waals surface area contributed by atoms with Gasteiger partial charge in [0.05, 0.1) is 11.8 Å². The van der Waals surface area contributed by atoms with Gasteiger partial charge in [0.1, 0.15) is 0 Å². The molecule has 1 aromatic heterocycles. The van der Waals surface area contributed by atoms with Crippen LogP contribution in [0.5, 0.6) is 0 Å². The Morgan fingerprint density at radius 1 is 1.69 bits per heavy atom. The van der Waals surface area contributed by atoms with Gasteiger partial charge in [0.15, 0.2) is 0 Å². The van der Waals surface area contributed by atoms with Crippen molar-refractivity contribution < 1.29 is 5.11 Å². The van der Waals surface area contributed by atoms with Gasteiger partial charge in [0, 0.05) is 25.4 Å². The van der Waals surface area contributed by atoms with E-state index in [0.717, 1.165) is 17.2 Å². The molecule has 1 aromatic rings. The van der Waals surface area contributed by atoms with Crippen LogP contribution < -0.4 is 0 Å². The Hall–Kier alpha value is -0.480. The number of aryl methyl sites for hydroxylation is 1. The zero-order chi connectivity index (χ0) is 9.68. The maximum Gasteiger partial charge on any atom is 0.0686 e. The summed E-state index contributed by atoms with van der Waals surface area (Å²) < 4.78 is 1.76. The number of aliphatic hydroxyl groups is 1. The first-order valence-electron chi connectivity index (χ1n) is 4.46. The third-order valence-electron chi connectivity index (χ3n) is 1.73. The molecule has 0 saturated heterocycles. The first-order chi connectivity index (χ1) is 6.22. The molecule has 1 atom stereocenters. The highest BCUT2D eigenvalue weighted by atomic mass is 32.2. The average Bonchev–Trinajstić information content (AvgIpc) is 2.48.